The first-order chi connectivity index (χ1) is 12.7. The lowest BCUT2D eigenvalue weighted by molar-refractivity contribution is 0.0629. The van der Waals surface area contributed by atoms with Crippen LogP contribution in [0.2, 0.25) is 4.34 Å². The number of thiophene rings is 1. The zero-order valence-electron chi connectivity index (χ0n) is 14.2. The largest absolute Gasteiger partial charge is 0.336 e. The van der Waals surface area contributed by atoms with Crippen LogP contribution < -0.4 is 0 Å². The van der Waals surface area contributed by atoms with Gasteiger partial charge in [-0.3, -0.25) is 9.69 Å². The number of para-hydroxylation sites is 1. The molecule has 134 valence electrons. The Balaban J connectivity index is 1.36. The molecule has 0 atom stereocenters. The number of aromatic nitrogens is 2. The number of amides is 1. The van der Waals surface area contributed by atoms with Crippen molar-refractivity contribution in [3.05, 3.63) is 69.6 Å². The highest BCUT2D eigenvalue weighted by Gasteiger charge is 2.23. The van der Waals surface area contributed by atoms with E-state index in [4.69, 9.17) is 11.6 Å². The van der Waals surface area contributed by atoms with Gasteiger partial charge in [0, 0.05) is 43.8 Å². The molecule has 0 radical (unpaired) electrons. The summed E-state index contributed by atoms with van der Waals surface area (Å²) >= 11 is 7.61. The van der Waals surface area contributed by atoms with E-state index in [9.17, 15) is 4.79 Å². The highest BCUT2D eigenvalue weighted by molar-refractivity contribution is 7.16. The van der Waals surface area contributed by atoms with E-state index in [1.54, 1.807) is 28.4 Å². The van der Waals surface area contributed by atoms with Crippen LogP contribution in [0, 0.1) is 0 Å². The Hall–Kier alpha value is -2.15. The maximum Gasteiger partial charge on any atom is 0.257 e. The molecular formula is C19H19ClN4OS. The van der Waals surface area contributed by atoms with Gasteiger partial charge < -0.3 is 4.90 Å². The molecule has 7 heteroatoms. The van der Waals surface area contributed by atoms with Crippen LogP contribution in [0.4, 0.5) is 0 Å². The Morgan fingerprint density at radius 2 is 1.85 bits per heavy atom. The number of halogens is 1. The van der Waals surface area contributed by atoms with Crippen molar-refractivity contribution < 1.29 is 4.79 Å². The summed E-state index contributed by atoms with van der Waals surface area (Å²) < 4.78 is 2.56. The van der Waals surface area contributed by atoms with Crippen LogP contribution >= 0.6 is 22.9 Å². The molecule has 1 aromatic carbocycles. The zero-order chi connectivity index (χ0) is 17.9. The minimum Gasteiger partial charge on any atom is -0.336 e. The van der Waals surface area contributed by atoms with E-state index < -0.39 is 0 Å². The number of carbonyl (C=O) groups excluding carboxylic acids is 1. The fourth-order valence-corrected chi connectivity index (χ4v) is 4.23. The van der Waals surface area contributed by atoms with Crippen LogP contribution in [-0.2, 0) is 6.54 Å². The first-order valence-electron chi connectivity index (χ1n) is 8.55. The first-order valence-corrected chi connectivity index (χ1v) is 9.74. The summed E-state index contributed by atoms with van der Waals surface area (Å²) in [4.78, 5) is 18.3. The predicted molar refractivity (Wildman–Crippen MR) is 104 cm³/mol. The molecule has 0 spiro atoms. The number of rotatable bonds is 4. The van der Waals surface area contributed by atoms with E-state index in [0.29, 0.717) is 5.56 Å². The van der Waals surface area contributed by atoms with Crippen LogP contribution in [0.25, 0.3) is 5.69 Å². The van der Waals surface area contributed by atoms with Gasteiger partial charge in [-0.1, -0.05) is 29.8 Å². The molecular weight excluding hydrogens is 368 g/mol. The van der Waals surface area contributed by atoms with Gasteiger partial charge in [-0.2, -0.15) is 5.10 Å². The number of hydrogen-bond acceptors (Lipinski definition) is 4. The van der Waals surface area contributed by atoms with Crippen LogP contribution in [0.1, 0.15) is 15.2 Å². The molecule has 1 aliphatic heterocycles. The summed E-state index contributed by atoms with van der Waals surface area (Å²) in [6.45, 7) is 4.09. The fraction of sp³-hybridized carbons (Fsp3) is 0.263. The third kappa shape index (κ3) is 3.82. The Labute approximate surface area is 161 Å². The van der Waals surface area contributed by atoms with Gasteiger partial charge >= 0.3 is 0 Å². The molecule has 1 saturated heterocycles. The van der Waals surface area contributed by atoms with E-state index in [2.05, 4.69) is 16.1 Å². The topological polar surface area (TPSA) is 41.4 Å². The summed E-state index contributed by atoms with van der Waals surface area (Å²) in [6, 6.07) is 13.8. The summed E-state index contributed by atoms with van der Waals surface area (Å²) in [7, 11) is 0. The SMILES string of the molecule is O=C(c1cnn(-c2ccccc2)c1)N1CCN(Cc2ccc(Cl)s2)CC1. The van der Waals surface area contributed by atoms with Crippen molar-refractivity contribution in [2.75, 3.05) is 26.2 Å². The van der Waals surface area contributed by atoms with Gasteiger partial charge in [0.2, 0.25) is 0 Å². The Kier molecular flexibility index (Phi) is 5.06. The third-order valence-electron chi connectivity index (χ3n) is 4.52. The van der Waals surface area contributed by atoms with E-state index in [-0.39, 0.29) is 5.91 Å². The maximum absolute atomic E-state index is 12.8. The fourth-order valence-electron chi connectivity index (χ4n) is 3.10. The average Bonchev–Trinajstić information content (AvgIpc) is 3.32. The van der Waals surface area contributed by atoms with Crippen LogP contribution in [0.3, 0.4) is 0 Å². The average molecular weight is 387 g/mol. The second kappa shape index (κ2) is 7.61. The molecule has 26 heavy (non-hydrogen) atoms. The van der Waals surface area contributed by atoms with Crippen molar-refractivity contribution in [2.45, 2.75) is 6.54 Å². The predicted octanol–water partition coefficient (Wildman–Crippen LogP) is 3.55. The lowest BCUT2D eigenvalue weighted by Gasteiger charge is -2.34. The quantitative estimate of drug-likeness (QED) is 0.688. The molecule has 3 heterocycles. The normalized spacial score (nSPS) is 15.3. The van der Waals surface area contributed by atoms with Crippen molar-refractivity contribution >= 4 is 28.8 Å². The van der Waals surface area contributed by atoms with Gasteiger partial charge in [0.25, 0.3) is 5.91 Å². The smallest absolute Gasteiger partial charge is 0.257 e. The van der Waals surface area contributed by atoms with Gasteiger partial charge in [0.05, 0.1) is 21.8 Å². The molecule has 1 fully saturated rings. The van der Waals surface area contributed by atoms with Crippen molar-refractivity contribution in [2.24, 2.45) is 0 Å². The molecule has 4 rings (SSSR count). The lowest BCUT2D eigenvalue weighted by Crippen LogP contribution is -2.48. The van der Waals surface area contributed by atoms with Gasteiger partial charge in [-0.15, -0.1) is 11.3 Å². The molecule has 0 aliphatic carbocycles. The molecule has 5 nitrogen and oxygen atoms in total. The van der Waals surface area contributed by atoms with Crippen molar-refractivity contribution in [1.29, 1.82) is 0 Å². The molecule has 2 aromatic heterocycles. The lowest BCUT2D eigenvalue weighted by atomic mass is 10.2. The van der Waals surface area contributed by atoms with Crippen molar-refractivity contribution in [1.82, 2.24) is 19.6 Å². The van der Waals surface area contributed by atoms with Gasteiger partial charge in [-0.05, 0) is 24.3 Å². The van der Waals surface area contributed by atoms with Crippen molar-refractivity contribution in [3.63, 3.8) is 0 Å². The molecule has 0 bridgehead atoms. The van der Waals surface area contributed by atoms with E-state index in [1.165, 1.54) is 4.88 Å². The highest BCUT2D eigenvalue weighted by atomic mass is 35.5. The molecule has 0 saturated carbocycles. The second-order valence-electron chi connectivity index (χ2n) is 6.28. The minimum atomic E-state index is 0.0472. The summed E-state index contributed by atoms with van der Waals surface area (Å²) in [5, 5.41) is 4.32. The van der Waals surface area contributed by atoms with Gasteiger partial charge in [0.15, 0.2) is 0 Å². The Bertz CT molecular complexity index is 884. The molecule has 0 N–H and O–H groups in total. The number of nitrogens with zero attached hydrogens (tertiary/aromatic N) is 4. The summed E-state index contributed by atoms with van der Waals surface area (Å²) in [5.74, 6) is 0.0472. The molecule has 1 amide bonds. The molecule has 0 unspecified atom stereocenters. The number of hydrogen-bond donors (Lipinski definition) is 0. The van der Waals surface area contributed by atoms with E-state index in [0.717, 1.165) is 42.7 Å². The number of piperazine rings is 1. The number of benzene rings is 1. The zero-order valence-corrected chi connectivity index (χ0v) is 15.8. The van der Waals surface area contributed by atoms with Gasteiger partial charge in [0.1, 0.15) is 0 Å². The molecule has 1 aliphatic rings. The van der Waals surface area contributed by atoms with Crippen molar-refractivity contribution in [3.8, 4) is 5.69 Å². The summed E-state index contributed by atoms with van der Waals surface area (Å²) in [6.07, 6.45) is 3.45. The first kappa shape index (κ1) is 17.3. The standard InChI is InChI=1S/C19H19ClN4OS/c20-18-7-6-17(26-18)14-22-8-10-23(11-9-22)19(25)15-12-21-24(13-15)16-4-2-1-3-5-16/h1-7,12-13H,8-11,14H2. The van der Waals surface area contributed by atoms with Crippen LogP contribution in [0.15, 0.2) is 54.9 Å². The van der Waals surface area contributed by atoms with E-state index in [1.807, 2.05) is 41.3 Å². The Morgan fingerprint density at radius 1 is 1.08 bits per heavy atom. The van der Waals surface area contributed by atoms with Crippen LogP contribution in [0.5, 0.6) is 0 Å². The monoisotopic (exact) mass is 386 g/mol. The number of carbonyl (C=O) groups is 1. The summed E-state index contributed by atoms with van der Waals surface area (Å²) in [5.41, 5.74) is 1.58. The maximum atomic E-state index is 12.8. The Morgan fingerprint density at radius 3 is 2.54 bits per heavy atom. The van der Waals surface area contributed by atoms with Gasteiger partial charge in [-0.25, -0.2) is 4.68 Å². The highest BCUT2D eigenvalue weighted by Crippen LogP contribution is 2.23. The minimum absolute atomic E-state index is 0.0472. The molecule has 3 aromatic rings. The third-order valence-corrected chi connectivity index (χ3v) is 5.73. The van der Waals surface area contributed by atoms with E-state index >= 15 is 0 Å². The van der Waals surface area contributed by atoms with Crippen LogP contribution in [-0.4, -0.2) is 51.7 Å². The second-order valence-corrected chi connectivity index (χ2v) is 8.08.